The number of ketones is 1. The number of hydrogen-bond acceptors (Lipinski definition) is 1. The van der Waals surface area contributed by atoms with Crippen molar-refractivity contribution in [1.82, 2.24) is 0 Å². The van der Waals surface area contributed by atoms with Crippen LogP contribution in [0.15, 0.2) is 36.5 Å². The molecule has 2 bridgehead atoms. The van der Waals surface area contributed by atoms with Gasteiger partial charge in [0.15, 0.2) is 5.78 Å². The minimum absolute atomic E-state index is 0.270. The van der Waals surface area contributed by atoms with Gasteiger partial charge in [-0.25, -0.2) is 0 Å². The topological polar surface area (TPSA) is 17.1 Å². The highest BCUT2D eigenvalue weighted by Gasteiger charge is 2.38. The van der Waals surface area contributed by atoms with Gasteiger partial charge < -0.3 is 0 Å². The van der Waals surface area contributed by atoms with Crippen LogP contribution in [0, 0.1) is 17.8 Å². The molecule has 2 rings (SSSR count). The van der Waals surface area contributed by atoms with Crippen molar-refractivity contribution in [3.63, 3.8) is 0 Å². The molecule has 0 heterocycles. The number of fused-ring (bicyclic) bond motifs is 2. The lowest BCUT2D eigenvalue weighted by Gasteiger charge is -2.13. The second-order valence-corrected chi connectivity index (χ2v) is 4.17. The summed E-state index contributed by atoms with van der Waals surface area (Å²) in [5.41, 5.74) is 0. The number of carbonyl (C=O) groups excluding carboxylic acids is 1. The predicted molar refractivity (Wildman–Crippen MR) is 57.8 cm³/mol. The summed E-state index contributed by atoms with van der Waals surface area (Å²) < 4.78 is 0. The van der Waals surface area contributed by atoms with E-state index in [4.69, 9.17) is 0 Å². The van der Waals surface area contributed by atoms with Crippen LogP contribution in [0.25, 0.3) is 0 Å². The maximum atomic E-state index is 11.8. The summed E-state index contributed by atoms with van der Waals surface area (Å²) >= 11 is 0. The van der Waals surface area contributed by atoms with Crippen molar-refractivity contribution in [2.24, 2.45) is 17.8 Å². The SMILES string of the molecule is C/C=C/C=C/C(=O)[C@H]1C[C@H]2C=C[C@@H]1C2. The molecular weight excluding hydrogens is 172 g/mol. The van der Waals surface area contributed by atoms with Crippen LogP contribution < -0.4 is 0 Å². The molecule has 0 radical (unpaired) electrons. The average Bonchev–Trinajstić information content (AvgIpc) is 2.79. The van der Waals surface area contributed by atoms with Gasteiger partial charge in [-0.1, -0.05) is 30.4 Å². The van der Waals surface area contributed by atoms with Gasteiger partial charge >= 0.3 is 0 Å². The first kappa shape index (κ1) is 9.45. The van der Waals surface area contributed by atoms with Crippen molar-refractivity contribution >= 4 is 5.78 Å². The van der Waals surface area contributed by atoms with Gasteiger partial charge in [-0.05, 0) is 37.7 Å². The molecule has 14 heavy (non-hydrogen) atoms. The van der Waals surface area contributed by atoms with E-state index in [9.17, 15) is 4.79 Å². The van der Waals surface area contributed by atoms with Gasteiger partial charge in [0.2, 0.25) is 0 Å². The summed E-state index contributed by atoms with van der Waals surface area (Å²) in [6, 6.07) is 0. The molecule has 2 aliphatic rings. The largest absolute Gasteiger partial charge is 0.295 e. The molecule has 0 aromatic rings. The predicted octanol–water partition coefficient (Wildman–Crippen LogP) is 2.90. The van der Waals surface area contributed by atoms with Crippen LogP contribution in [0.4, 0.5) is 0 Å². The van der Waals surface area contributed by atoms with Gasteiger partial charge in [0, 0.05) is 5.92 Å². The average molecular weight is 188 g/mol. The monoisotopic (exact) mass is 188 g/mol. The normalized spacial score (nSPS) is 35.1. The molecule has 0 aromatic carbocycles. The summed E-state index contributed by atoms with van der Waals surface area (Å²) in [5.74, 6) is 1.79. The Kier molecular flexibility index (Phi) is 2.67. The Morgan fingerprint density at radius 2 is 2.14 bits per heavy atom. The highest BCUT2D eigenvalue weighted by Crippen LogP contribution is 2.43. The fourth-order valence-corrected chi connectivity index (χ4v) is 2.49. The molecular formula is C13H16O. The van der Waals surface area contributed by atoms with Gasteiger partial charge in [0.1, 0.15) is 0 Å². The van der Waals surface area contributed by atoms with Crippen LogP contribution in [-0.2, 0) is 4.79 Å². The molecule has 0 N–H and O–H groups in total. The molecule has 0 amide bonds. The maximum absolute atomic E-state index is 11.8. The lowest BCUT2D eigenvalue weighted by atomic mass is 9.89. The van der Waals surface area contributed by atoms with Gasteiger partial charge in [0.05, 0.1) is 0 Å². The van der Waals surface area contributed by atoms with E-state index in [-0.39, 0.29) is 5.92 Å². The molecule has 1 fully saturated rings. The quantitative estimate of drug-likeness (QED) is 0.378. The minimum Gasteiger partial charge on any atom is -0.295 e. The smallest absolute Gasteiger partial charge is 0.159 e. The van der Waals surface area contributed by atoms with Crippen molar-refractivity contribution < 1.29 is 4.79 Å². The summed E-state index contributed by atoms with van der Waals surface area (Å²) in [6.07, 6.45) is 14.2. The zero-order valence-corrected chi connectivity index (χ0v) is 8.52. The fourth-order valence-electron chi connectivity index (χ4n) is 2.49. The summed E-state index contributed by atoms with van der Waals surface area (Å²) in [7, 11) is 0. The molecule has 74 valence electrons. The number of allylic oxidation sites excluding steroid dienone is 6. The molecule has 0 saturated heterocycles. The van der Waals surface area contributed by atoms with Gasteiger partial charge in [0.25, 0.3) is 0 Å². The standard InChI is InChI=1S/C13H16O/c1-2-3-4-5-13(14)12-9-10-6-7-11(12)8-10/h2-7,10-12H,8-9H2,1H3/b3-2+,5-4+/t10-,11+,12-/m0/s1. The van der Waals surface area contributed by atoms with Crippen molar-refractivity contribution in [2.75, 3.05) is 0 Å². The van der Waals surface area contributed by atoms with Crippen molar-refractivity contribution in [3.05, 3.63) is 36.5 Å². The van der Waals surface area contributed by atoms with Crippen molar-refractivity contribution in [3.8, 4) is 0 Å². The molecule has 0 unspecified atom stereocenters. The van der Waals surface area contributed by atoms with Gasteiger partial charge in [-0.3, -0.25) is 4.79 Å². The third kappa shape index (κ3) is 1.72. The van der Waals surface area contributed by atoms with E-state index in [0.29, 0.717) is 17.6 Å². The first-order valence-corrected chi connectivity index (χ1v) is 5.33. The third-order valence-electron chi connectivity index (χ3n) is 3.21. The molecule has 0 aromatic heterocycles. The Morgan fingerprint density at radius 1 is 1.29 bits per heavy atom. The molecule has 2 aliphatic carbocycles. The molecule has 1 saturated carbocycles. The van der Waals surface area contributed by atoms with Crippen LogP contribution in [-0.4, -0.2) is 5.78 Å². The first-order chi connectivity index (χ1) is 6.81. The number of rotatable bonds is 3. The summed E-state index contributed by atoms with van der Waals surface area (Å²) in [6.45, 7) is 1.95. The minimum atomic E-state index is 0.270. The Labute approximate surface area is 85.2 Å². The highest BCUT2D eigenvalue weighted by molar-refractivity contribution is 5.92. The summed E-state index contributed by atoms with van der Waals surface area (Å²) in [4.78, 5) is 11.8. The number of carbonyl (C=O) groups is 1. The van der Waals surface area contributed by atoms with Crippen LogP contribution in [0.1, 0.15) is 19.8 Å². The second-order valence-electron chi connectivity index (χ2n) is 4.17. The van der Waals surface area contributed by atoms with E-state index in [1.807, 2.05) is 25.2 Å². The Bertz CT molecular complexity index is 309. The van der Waals surface area contributed by atoms with Gasteiger partial charge in [-0.2, -0.15) is 0 Å². The number of hydrogen-bond donors (Lipinski definition) is 0. The highest BCUT2D eigenvalue weighted by atomic mass is 16.1. The van der Waals surface area contributed by atoms with E-state index in [1.54, 1.807) is 6.08 Å². The lowest BCUT2D eigenvalue weighted by Crippen LogP contribution is -2.16. The molecule has 1 heteroatoms. The maximum Gasteiger partial charge on any atom is 0.159 e. The fraction of sp³-hybridized carbons (Fsp3) is 0.462. The van der Waals surface area contributed by atoms with E-state index in [2.05, 4.69) is 12.2 Å². The molecule has 0 aliphatic heterocycles. The second kappa shape index (κ2) is 3.95. The Morgan fingerprint density at radius 3 is 2.71 bits per heavy atom. The molecule has 3 atom stereocenters. The van der Waals surface area contributed by atoms with Gasteiger partial charge in [-0.15, -0.1) is 0 Å². The van der Waals surface area contributed by atoms with E-state index >= 15 is 0 Å². The molecule has 0 spiro atoms. The van der Waals surface area contributed by atoms with Crippen molar-refractivity contribution in [1.29, 1.82) is 0 Å². The Hall–Kier alpha value is -1.11. The van der Waals surface area contributed by atoms with Crippen LogP contribution >= 0.6 is 0 Å². The Balaban J connectivity index is 1.96. The van der Waals surface area contributed by atoms with Crippen LogP contribution in [0.3, 0.4) is 0 Å². The van der Waals surface area contributed by atoms with E-state index in [1.165, 1.54) is 6.42 Å². The van der Waals surface area contributed by atoms with E-state index < -0.39 is 0 Å². The zero-order chi connectivity index (χ0) is 9.97. The summed E-state index contributed by atoms with van der Waals surface area (Å²) in [5, 5.41) is 0. The first-order valence-electron chi connectivity index (χ1n) is 5.33. The van der Waals surface area contributed by atoms with Crippen molar-refractivity contribution in [2.45, 2.75) is 19.8 Å². The molecule has 1 nitrogen and oxygen atoms in total. The zero-order valence-electron chi connectivity index (χ0n) is 8.52. The third-order valence-corrected chi connectivity index (χ3v) is 3.21. The van der Waals surface area contributed by atoms with Crippen LogP contribution in [0.2, 0.25) is 0 Å². The lowest BCUT2D eigenvalue weighted by molar-refractivity contribution is -0.118. The van der Waals surface area contributed by atoms with Crippen LogP contribution in [0.5, 0.6) is 0 Å². The van der Waals surface area contributed by atoms with E-state index in [0.717, 1.165) is 6.42 Å².